The number of nitrogens with one attached hydrogen (secondary N) is 2. The molecule has 4 rings (SSSR count). The molecular weight excluding hydrogens is 458 g/mol. The first-order chi connectivity index (χ1) is 15.6. The minimum absolute atomic E-state index is 0.0605. The lowest BCUT2D eigenvalue weighted by molar-refractivity contribution is 0.368. The van der Waals surface area contributed by atoms with Crippen LogP contribution in [0.5, 0.6) is 0 Å². The summed E-state index contributed by atoms with van der Waals surface area (Å²) in [6.45, 7) is 9.99. The second-order valence-electron chi connectivity index (χ2n) is 9.51. The summed E-state index contributed by atoms with van der Waals surface area (Å²) in [5.74, 6) is 1.38. The number of benzene rings is 2. The molecule has 2 aromatic carbocycles. The molecule has 1 unspecified atom stereocenters. The molecule has 1 aliphatic rings. The van der Waals surface area contributed by atoms with Crippen LogP contribution in [-0.2, 0) is 15.4 Å². The fourth-order valence-corrected chi connectivity index (χ4v) is 5.42. The number of rotatable bonds is 5. The van der Waals surface area contributed by atoms with Gasteiger partial charge in [-0.1, -0.05) is 44.5 Å². The Morgan fingerprint density at radius 1 is 1.12 bits per heavy atom. The Kier molecular flexibility index (Phi) is 6.53. The topological polar surface area (TPSA) is 88.9 Å². The molecule has 1 saturated heterocycles. The molecule has 9 heteroatoms. The van der Waals surface area contributed by atoms with Crippen molar-refractivity contribution in [2.24, 2.45) is 0 Å². The third kappa shape index (κ3) is 5.08. The number of sulfonamides is 1. The Hall–Kier alpha value is -2.42. The number of halogens is 1. The Labute approximate surface area is 200 Å². The second-order valence-corrected chi connectivity index (χ2v) is 11.6. The van der Waals surface area contributed by atoms with E-state index in [9.17, 15) is 8.42 Å². The normalized spacial score (nSPS) is 17.2. The predicted molar refractivity (Wildman–Crippen MR) is 132 cm³/mol. The van der Waals surface area contributed by atoms with Crippen LogP contribution in [0.25, 0.3) is 11.4 Å². The average Bonchev–Trinajstić information content (AvgIpc) is 3.16. The maximum absolute atomic E-state index is 13.2. The van der Waals surface area contributed by atoms with Crippen LogP contribution >= 0.6 is 11.6 Å². The van der Waals surface area contributed by atoms with Gasteiger partial charge in [0.2, 0.25) is 0 Å². The smallest absolute Gasteiger partial charge is 0.261 e. The van der Waals surface area contributed by atoms with E-state index in [1.165, 1.54) is 0 Å². The summed E-state index contributed by atoms with van der Waals surface area (Å²) in [4.78, 5) is 0.200. The van der Waals surface area contributed by atoms with E-state index >= 15 is 0 Å². The van der Waals surface area contributed by atoms with Crippen molar-refractivity contribution in [1.29, 1.82) is 0 Å². The highest BCUT2D eigenvalue weighted by atomic mass is 35.5. The van der Waals surface area contributed by atoms with Crippen LogP contribution in [0.3, 0.4) is 0 Å². The molecule has 0 radical (unpaired) electrons. The monoisotopic (exact) mass is 487 g/mol. The van der Waals surface area contributed by atoms with Crippen molar-refractivity contribution >= 4 is 27.3 Å². The molecule has 0 aliphatic carbocycles. The lowest BCUT2D eigenvalue weighted by atomic mass is 9.87. The van der Waals surface area contributed by atoms with Gasteiger partial charge in [-0.15, -0.1) is 10.2 Å². The van der Waals surface area contributed by atoms with Crippen molar-refractivity contribution in [2.75, 3.05) is 17.8 Å². The third-order valence-corrected chi connectivity index (χ3v) is 7.62. The number of hydrogen-bond acceptors (Lipinski definition) is 5. The fraction of sp³-hybridized carbons (Fsp3) is 0.417. The van der Waals surface area contributed by atoms with Crippen molar-refractivity contribution in [2.45, 2.75) is 56.9 Å². The second kappa shape index (κ2) is 9.08. The molecule has 0 bridgehead atoms. The van der Waals surface area contributed by atoms with Crippen molar-refractivity contribution in [3.8, 4) is 11.4 Å². The first-order valence-corrected chi connectivity index (χ1v) is 13.0. The van der Waals surface area contributed by atoms with Crippen LogP contribution in [0, 0.1) is 6.92 Å². The summed E-state index contributed by atoms with van der Waals surface area (Å²) in [6, 6.07) is 12.3. The molecule has 1 fully saturated rings. The van der Waals surface area contributed by atoms with Gasteiger partial charge in [-0.25, -0.2) is 8.42 Å². The summed E-state index contributed by atoms with van der Waals surface area (Å²) >= 11 is 6.31. The van der Waals surface area contributed by atoms with Gasteiger partial charge in [0.05, 0.1) is 10.6 Å². The maximum atomic E-state index is 13.2. The van der Waals surface area contributed by atoms with E-state index < -0.39 is 10.0 Å². The zero-order valence-electron chi connectivity index (χ0n) is 19.4. The molecule has 3 aromatic rings. The van der Waals surface area contributed by atoms with Crippen molar-refractivity contribution < 1.29 is 8.42 Å². The number of hydrogen-bond donors (Lipinski definition) is 2. The molecule has 7 nitrogen and oxygen atoms in total. The standard InChI is InChI=1S/C24H30ClN5O2S/c1-16-27-28-23(30(16)19-6-5-13-26-15-19)21-14-18(25)9-12-22(21)29-33(31,32)20-10-7-17(8-11-20)24(2,3)4/h7-12,14,19,26,29H,5-6,13,15H2,1-4H3. The van der Waals surface area contributed by atoms with Gasteiger partial charge in [0, 0.05) is 23.2 Å². The molecule has 2 N–H and O–H groups in total. The van der Waals surface area contributed by atoms with Crippen LogP contribution in [0.2, 0.25) is 5.02 Å². The third-order valence-electron chi connectivity index (χ3n) is 6.00. The van der Waals surface area contributed by atoms with Gasteiger partial charge in [0.25, 0.3) is 10.0 Å². The van der Waals surface area contributed by atoms with Gasteiger partial charge >= 0.3 is 0 Å². The number of piperidine rings is 1. The van der Waals surface area contributed by atoms with Gasteiger partial charge in [-0.05, 0) is 67.6 Å². The molecule has 1 aromatic heterocycles. The molecule has 176 valence electrons. The lowest BCUT2D eigenvalue weighted by Crippen LogP contribution is -2.32. The molecule has 33 heavy (non-hydrogen) atoms. The largest absolute Gasteiger partial charge is 0.315 e. The minimum atomic E-state index is -3.81. The molecule has 1 aliphatic heterocycles. The number of aromatic nitrogens is 3. The first kappa shape index (κ1) is 23.7. The molecule has 2 heterocycles. The van der Waals surface area contributed by atoms with E-state index in [4.69, 9.17) is 11.6 Å². The summed E-state index contributed by atoms with van der Waals surface area (Å²) in [7, 11) is -3.81. The number of anilines is 1. The highest BCUT2D eigenvalue weighted by Crippen LogP contribution is 2.34. The predicted octanol–water partition coefficient (Wildman–Crippen LogP) is 4.93. The highest BCUT2D eigenvalue weighted by Gasteiger charge is 2.25. The Morgan fingerprint density at radius 2 is 1.85 bits per heavy atom. The summed E-state index contributed by atoms with van der Waals surface area (Å²) in [5, 5.41) is 12.6. The zero-order chi connectivity index (χ0) is 23.8. The van der Waals surface area contributed by atoms with Gasteiger partial charge in [0.1, 0.15) is 5.82 Å². The molecule has 0 spiro atoms. The van der Waals surface area contributed by atoms with Crippen LogP contribution in [-0.4, -0.2) is 36.3 Å². The van der Waals surface area contributed by atoms with E-state index in [1.54, 1.807) is 30.3 Å². The Balaban J connectivity index is 1.72. The van der Waals surface area contributed by atoms with Crippen LogP contribution < -0.4 is 10.0 Å². The lowest BCUT2D eigenvalue weighted by Gasteiger charge is -2.26. The van der Waals surface area contributed by atoms with E-state index in [1.807, 2.05) is 19.1 Å². The summed E-state index contributed by atoms with van der Waals surface area (Å²) in [5.41, 5.74) is 2.02. The van der Waals surface area contributed by atoms with Crippen molar-refractivity contribution in [3.63, 3.8) is 0 Å². The SMILES string of the molecule is Cc1nnc(-c2cc(Cl)ccc2NS(=O)(=O)c2ccc(C(C)(C)C)cc2)n1C1CCCNC1. The maximum Gasteiger partial charge on any atom is 0.261 e. The average molecular weight is 488 g/mol. The van der Waals surface area contributed by atoms with Gasteiger partial charge in [-0.2, -0.15) is 0 Å². The van der Waals surface area contributed by atoms with E-state index in [0.717, 1.165) is 37.3 Å². The van der Waals surface area contributed by atoms with E-state index in [2.05, 4.69) is 45.6 Å². The van der Waals surface area contributed by atoms with Crippen LogP contribution in [0.1, 0.15) is 51.0 Å². The Bertz CT molecular complexity index is 1240. The minimum Gasteiger partial charge on any atom is -0.315 e. The zero-order valence-corrected chi connectivity index (χ0v) is 21.0. The van der Waals surface area contributed by atoms with Gasteiger partial charge in [-0.3, -0.25) is 4.72 Å². The first-order valence-electron chi connectivity index (χ1n) is 11.1. The number of aryl methyl sites for hydroxylation is 1. The van der Waals surface area contributed by atoms with E-state index in [-0.39, 0.29) is 16.4 Å². The van der Waals surface area contributed by atoms with Gasteiger partial charge < -0.3 is 9.88 Å². The van der Waals surface area contributed by atoms with Crippen molar-refractivity contribution in [1.82, 2.24) is 20.1 Å². The number of nitrogens with zero attached hydrogens (tertiary/aromatic N) is 3. The summed E-state index contributed by atoms with van der Waals surface area (Å²) < 4.78 is 31.3. The highest BCUT2D eigenvalue weighted by molar-refractivity contribution is 7.92. The fourth-order valence-electron chi connectivity index (χ4n) is 4.17. The quantitative estimate of drug-likeness (QED) is 0.532. The van der Waals surface area contributed by atoms with E-state index in [0.29, 0.717) is 22.1 Å². The Morgan fingerprint density at radius 3 is 2.48 bits per heavy atom. The summed E-state index contributed by atoms with van der Waals surface area (Å²) in [6.07, 6.45) is 2.06. The molecule has 1 atom stereocenters. The van der Waals surface area contributed by atoms with Crippen LogP contribution in [0.15, 0.2) is 47.4 Å². The molecular formula is C24H30ClN5O2S. The molecule has 0 amide bonds. The van der Waals surface area contributed by atoms with Crippen molar-refractivity contribution in [3.05, 3.63) is 58.9 Å². The van der Waals surface area contributed by atoms with Crippen LogP contribution in [0.4, 0.5) is 5.69 Å². The van der Waals surface area contributed by atoms with Gasteiger partial charge in [0.15, 0.2) is 5.82 Å². The molecule has 0 saturated carbocycles.